The lowest BCUT2D eigenvalue weighted by Crippen LogP contribution is -2.39. The van der Waals surface area contributed by atoms with Crippen LogP contribution in [0.3, 0.4) is 0 Å². The Morgan fingerprint density at radius 2 is 2.26 bits per heavy atom. The SMILES string of the molecule is Nc1ncnc2c1ncn2C1CCCN(C(=O)O)C1. The van der Waals surface area contributed by atoms with Crippen LogP contribution in [0.4, 0.5) is 10.6 Å². The molecule has 0 aromatic carbocycles. The number of piperidine rings is 1. The molecule has 0 saturated carbocycles. The average Bonchev–Trinajstić information content (AvgIpc) is 2.84. The van der Waals surface area contributed by atoms with E-state index in [9.17, 15) is 4.79 Å². The molecule has 3 rings (SSSR count). The number of fused-ring (bicyclic) bond motifs is 1. The van der Waals surface area contributed by atoms with E-state index in [-0.39, 0.29) is 6.04 Å². The number of likely N-dealkylation sites (tertiary alicyclic amines) is 1. The minimum absolute atomic E-state index is 0.0455. The molecule has 1 saturated heterocycles. The van der Waals surface area contributed by atoms with E-state index in [1.54, 1.807) is 6.33 Å². The van der Waals surface area contributed by atoms with Crippen LogP contribution in [0.1, 0.15) is 18.9 Å². The number of carboxylic acid groups (broad SMARTS) is 1. The zero-order valence-electron chi connectivity index (χ0n) is 10.2. The number of hydrogen-bond donors (Lipinski definition) is 2. The topological polar surface area (TPSA) is 110 Å². The molecule has 1 aliphatic rings. The molecule has 3 N–H and O–H groups in total. The van der Waals surface area contributed by atoms with Crippen molar-refractivity contribution in [2.24, 2.45) is 0 Å². The van der Waals surface area contributed by atoms with Gasteiger partial charge in [0, 0.05) is 13.1 Å². The van der Waals surface area contributed by atoms with E-state index < -0.39 is 6.09 Å². The summed E-state index contributed by atoms with van der Waals surface area (Å²) in [6.45, 7) is 1.03. The third-order valence-electron chi connectivity index (χ3n) is 3.45. The van der Waals surface area contributed by atoms with Crippen LogP contribution in [0, 0.1) is 0 Å². The Morgan fingerprint density at radius 3 is 3.05 bits per heavy atom. The smallest absolute Gasteiger partial charge is 0.407 e. The van der Waals surface area contributed by atoms with Crippen molar-refractivity contribution >= 4 is 23.1 Å². The first-order valence-electron chi connectivity index (χ1n) is 6.07. The molecule has 2 aromatic rings. The molecule has 19 heavy (non-hydrogen) atoms. The summed E-state index contributed by atoms with van der Waals surface area (Å²) < 4.78 is 1.89. The van der Waals surface area contributed by atoms with Crippen molar-refractivity contribution in [2.75, 3.05) is 18.8 Å². The summed E-state index contributed by atoms with van der Waals surface area (Å²) in [5.41, 5.74) is 6.97. The Hall–Kier alpha value is -2.38. The zero-order chi connectivity index (χ0) is 13.4. The highest BCUT2D eigenvalue weighted by Crippen LogP contribution is 2.25. The molecule has 100 valence electrons. The summed E-state index contributed by atoms with van der Waals surface area (Å²) in [5, 5.41) is 9.07. The van der Waals surface area contributed by atoms with Crippen molar-refractivity contribution in [1.82, 2.24) is 24.4 Å². The highest BCUT2D eigenvalue weighted by atomic mass is 16.4. The van der Waals surface area contributed by atoms with Crippen molar-refractivity contribution in [3.63, 3.8) is 0 Å². The molecule has 3 heterocycles. The van der Waals surface area contributed by atoms with Crippen LogP contribution in [0.5, 0.6) is 0 Å². The van der Waals surface area contributed by atoms with Crippen LogP contribution >= 0.6 is 0 Å². The van der Waals surface area contributed by atoms with Crippen molar-refractivity contribution in [3.05, 3.63) is 12.7 Å². The average molecular weight is 262 g/mol. The summed E-state index contributed by atoms with van der Waals surface area (Å²) in [5.74, 6) is 0.342. The number of anilines is 1. The molecule has 2 aromatic heterocycles. The number of nitrogens with two attached hydrogens (primary N) is 1. The van der Waals surface area contributed by atoms with E-state index in [1.165, 1.54) is 11.2 Å². The quantitative estimate of drug-likeness (QED) is 0.783. The van der Waals surface area contributed by atoms with E-state index >= 15 is 0 Å². The van der Waals surface area contributed by atoms with Gasteiger partial charge in [-0.15, -0.1) is 0 Å². The molecule has 1 unspecified atom stereocenters. The van der Waals surface area contributed by atoms with Gasteiger partial charge in [0.05, 0.1) is 12.4 Å². The van der Waals surface area contributed by atoms with Crippen molar-refractivity contribution < 1.29 is 9.90 Å². The van der Waals surface area contributed by atoms with E-state index in [1.807, 2.05) is 4.57 Å². The van der Waals surface area contributed by atoms with E-state index in [0.717, 1.165) is 12.8 Å². The number of rotatable bonds is 1. The Labute approximate surface area is 108 Å². The summed E-state index contributed by atoms with van der Waals surface area (Å²) in [6, 6.07) is 0.0455. The number of aromatic nitrogens is 4. The molecule has 8 nitrogen and oxygen atoms in total. The van der Waals surface area contributed by atoms with Crippen molar-refractivity contribution in [1.29, 1.82) is 0 Å². The molecule has 8 heteroatoms. The largest absolute Gasteiger partial charge is 0.465 e. The second-order valence-electron chi connectivity index (χ2n) is 4.61. The first-order valence-corrected chi connectivity index (χ1v) is 6.07. The van der Waals surface area contributed by atoms with E-state index in [4.69, 9.17) is 10.8 Å². The van der Waals surface area contributed by atoms with Gasteiger partial charge < -0.3 is 20.3 Å². The number of imidazole rings is 1. The predicted molar refractivity (Wildman–Crippen MR) is 67.6 cm³/mol. The third-order valence-corrected chi connectivity index (χ3v) is 3.45. The summed E-state index contributed by atoms with van der Waals surface area (Å²) in [7, 11) is 0. The highest BCUT2D eigenvalue weighted by molar-refractivity contribution is 5.81. The first kappa shape index (κ1) is 11.7. The van der Waals surface area contributed by atoms with Crippen LogP contribution in [-0.4, -0.2) is 48.7 Å². The standard InChI is InChI=1S/C11H14N6O2/c12-9-8-10(14-5-13-9)17(6-15-8)7-2-1-3-16(4-7)11(18)19/h5-7H,1-4H2,(H,18,19)(H2,12,13,14). The predicted octanol–water partition coefficient (Wildman–Crippen LogP) is 0.723. The fourth-order valence-electron chi connectivity index (χ4n) is 2.49. The van der Waals surface area contributed by atoms with Gasteiger partial charge in [0.25, 0.3) is 0 Å². The zero-order valence-corrected chi connectivity index (χ0v) is 10.2. The summed E-state index contributed by atoms with van der Waals surface area (Å²) >= 11 is 0. The molecule has 1 fully saturated rings. The van der Waals surface area contributed by atoms with Gasteiger partial charge in [0.1, 0.15) is 11.8 Å². The van der Waals surface area contributed by atoms with Crippen molar-refractivity contribution in [3.8, 4) is 0 Å². The minimum atomic E-state index is -0.886. The third kappa shape index (κ3) is 1.94. The van der Waals surface area contributed by atoms with Gasteiger partial charge in [-0.05, 0) is 12.8 Å². The maximum absolute atomic E-state index is 11.0. The lowest BCUT2D eigenvalue weighted by molar-refractivity contribution is 0.122. The second-order valence-corrected chi connectivity index (χ2v) is 4.61. The maximum Gasteiger partial charge on any atom is 0.407 e. The fraction of sp³-hybridized carbons (Fsp3) is 0.455. The number of hydrogen-bond acceptors (Lipinski definition) is 5. The molecular weight excluding hydrogens is 248 g/mol. The van der Waals surface area contributed by atoms with Gasteiger partial charge in [0.15, 0.2) is 11.5 Å². The normalized spacial score (nSPS) is 19.8. The van der Waals surface area contributed by atoms with Gasteiger partial charge in [-0.1, -0.05) is 0 Å². The van der Waals surface area contributed by atoms with Gasteiger partial charge in [0.2, 0.25) is 0 Å². The number of nitrogens with zero attached hydrogens (tertiary/aromatic N) is 5. The van der Waals surface area contributed by atoms with Crippen LogP contribution in [0.25, 0.3) is 11.2 Å². The fourth-order valence-corrected chi connectivity index (χ4v) is 2.49. The van der Waals surface area contributed by atoms with E-state index in [2.05, 4.69) is 15.0 Å². The van der Waals surface area contributed by atoms with Crippen LogP contribution in [0.2, 0.25) is 0 Å². The van der Waals surface area contributed by atoms with Crippen molar-refractivity contribution in [2.45, 2.75) is 18.9 Å². The highest BCUT2D eigenvalue weighted by Gasteiger charge is 2.25. The van der Waals surface area contributed by atoms with E-state index in [0.29, 0.717) is 30.1 Å². The monoisotopic (exact) mass is 262 g/mol. The van der Waals surface area contributed by atoms with Gasteiger partial charge in [-0.25, -0.2) is 19.7 Å². The molecule has 1 amide bonds. The molecular formula is C11H14N6O2. The van der Waals surface area contributed by atoms with Crippen LogP contribution < -0.4 is 5.73 Å². The lowest BCUT2D eigenvalue weighted by Gasteiger charge is -2.31. The maximum atomic E-state index is 11.0. The van der Waals surface area contributed by atoms with Gasteiger partial charge in [-0.3, -0.25) is 0 Å². The Balaban J connectivity index is 1.96. The Morgan fingerprint density at radius 1 is 1.42 bits per heavy atom. The molecule has 0 aliphatic carbocycles. The van der Waals surface area contributed by atoms with Gasteiger partial charge in [-0.2, -0.15) is 0 Å². The summed E-state index contributed by atoms with van der Waals surface area (Å²) in [6.07, 6.45) is 3.90. The molecule has 1 atom stereocenters. The minimum Gasteiger partial charge on any atom is -0.465 e. The Kier molecular flexibility index (Phi) is 2.69. The molecule has 0 bridgehead atoms. The van der Waals surface area contributed by atoms with Crippen LogP contribution in [-0.2, 0) is 0 Å². The molecule has 0 spiro atoms. The number of carbonyl (C=O) groups is 1. The lowest BCUT2D eigenvalue weighted by atomic mass is 10.1. The summed E-state index contributed by atoms with van der Waals surface area (Å²) in [4.78, 5) is 24.8. The number of amides is 1. The molecule has 0 radical (unpaired) electrons. The Bertz CT molecular complexity index is 625. The molecule has 1 aliphatic heterocycles. The number of nitrogen functional groups attached to an aromatic ring is 1. The van der Waals surface area contributed by atoms with Crippen LogP contribution in [0.15, 0.2) is 12.7 Å². The van der Waals surface area contributed by atoms with Gasteiger partial charge >= 0.3 is 6.09 Å². The first-order chi connectivity index (χ1) is 9.16. The second kappa shape index (κ2) is 4.38.